The lowest BCUT2D eigenvalue weighted by Crippen LogP contribution is -2.27. The highest BCUT2D eigenvalue weighted by Gasteiger charge is 2.35. The molecule has 2 heterocycles. The summed E-state index contributed by atoms with van der Waals surface area (Å²) in [5.74, 6) is -0.371. The lowest BCUT2D eigenvalue weighted by atomic mass is 10.0. The number of benzene rings is 4. The fourth-order valence-corrected chi connectivity index (χ4v) is 5.65. The van der Waals surface area contributed by atoms with Crippen molar-refractivity contribution >= 4 is 56.3 Å². The molecule has 7 nitrogen and oxygen atoms in total. The maximum atomic E-state index is 13.2. The molecule has 0 saturated carbocycles. The Kier molecular flexibility index (Phi) is 6.01. The van der Waals surface area contributed by atoms with E-state index in [1.165, 1.54) is 33.4 Å². The topological polar surface area (TPSA) is 85.5 Å². The first kappa shape index (κ1) is 23.7. The molecule has 186 valence electrons. The molecular weight excluding hydrogens is 498 g/mol. The molecule has 5 aromatic rings. The highest BCUT2D eigenvalue weighted by Crippen LogP contribution is 2.35. The maximum Gasteiger partial charge on any atom is 0.293 e. The number of nitro groups is 1. The number of hydrogen-bond donors (Lipinski definition) is 0. The van der Waals surface area contributed by atoms with Crippen LogP contribution in [0.15, 0.2) is 102 Å². The molecule has 0 unspecified atom stereocenters. The normalized spacial score (nSPS) is 14.7. The first-order valence-corrected chi connectivity index (χ1v) is 12.8. The van der Waals surface area contributed by atoms with Gasteiger partial charge in [0.25, 0.3) is 16.8 Å². The summed E-state index contributed by atoms with van der Waals surface area (Å²) in [7, 11) is 0. The number of carbonyl (C=O) groups is 2. The first-order valence-electron chi connectivity index (χ1n) is 12.0. The number of imide groups is 1. The summed E-state index contributed by atoms with van der Waals surface area (Å²) >= 11 is 0.909. The van der Waals surface area contributed by atoms with E-state index in [0.29, 0.717) is 17.0 Å². The molecule has 1 aliphatic heterocycles. The van der Waals surface area contributed by atoms with Crippen molar-refractivity contribution in [3.63, 3.8) is 0 Å². The van der Waals surface area contributed by atoms with Gasteiger partial charge in [0.2, 0.25) is 0 Å². The Morgan fingerprint density at radius 2 is 1.53 bits per heavy atom. The Bertz CT molecular complexity index is 1770. The summed E-state index contributed by atoms with van der Waals surface area (Å²) in [5, 5.41) is 13.9. The van der Waals surface area contributed by atoms with Crippen molar-refractivity contribution in [1.82, 2.24) is 9.47 Å². The highest BCUT2D eigenvalue weighted by molar-refractivity contribution is 8.18. The lowest BCUT2D eigenvalue weighted by molar-refractivity contribution is -0.384. The van der Waals surface area contributed by atoms with Crippen LogP contribution in [0.25, 0.3) is 27.8 Å². The summed E-state index contributed by atoms with van der Waals surface area (Å²) in [6, 6.07) is 28.5. The van der Waals surface area contributed by atoms with Crippen molar-refractivity contribution < 1.29 is 14.5 Å². The smallest absolute Gasteiger partial charge is 0.293 e. The average Bonchev–Trinajstić information content (AvgIpc) is 3.41. The Balaban J connectivity index is 1.31. The number of hydrogen-bond acceptors (Lipinski definition) is 5. The van der Waals surface area contributed by atoms with Crippen molar-refractivity contribution in [3.05, 3.63) is 129 Å². The second-order valence-electron chi connectivity index (χ2n) is 9.06. The van der Waals surface area contributed by atoms with E-state index in [4.69, 9.17) is 0 Å². The number of rotatable bonds is 6. The van der Waals surface area contributed by atoms with Crippen LogP contribution in [-0.4, -0.2) is 25.5 Å². The third-order valence-electron chi connectivity index (χ3n) is 6.69. The van der Waals surface area contributed by atoms with E-state index in [9.17, 15) is 19.7 Å². The van der Waals surface area contributed by atoms with Gasteiger partial charge in [0.1, 0.15) is 0 Å². The molecule has 0 N–H and O–H groups in total. The number of fused-ring (bicyclic) bond motifs is 2. The molecule has 1 aromatic heterocycles. The van der Waals surface area contributed by atoms with Gasteiger partial charge in [-0.05, 0) is 45.8 Å². The van der Waals surface area contributed by atoms with E-state index < -0.39 is 4.92 Å². The van der Waals surface area contributed by atoms with Gasteiger partial charge in [-0.15, -0.1) is 0 Å². The van der Waals surface area contributed by atoms with Gasteiger partial charge < -0.3 is 4.57 Å². The van der Waals surface area contributed by atoms with Gasteiger partial charge in [0.15, 0.2) is 0 Å². The molecule has 1 aliphatic rings. The molecule has 0 atom stereocenters. The van der Waals surface area contributed by atoms with Crippen molar-refractivity contribution in [3.8, 4) is 0 Å². The molecule has 1 saturated heterocycles. The second-order valence-corrected chi connectivity index (χ2v) is 10.1. The van der Waals surface area contributed by atoms with E-state index in [0.717, 1.165) is 28.2 Å². The van der Waals surface area contributed by atoms with E-state index in [1.54, 1.807) is 18.2 Å². The zero-order valence-electron chi connectivity index (χ0n) is 20.1. The van der Waals surface area contributed by atoms with Crippen LogP contribution in [0.5, 0.6) is 0 Å². The fraction of sp³-hybridized carbons (Fsp3) is 0.0667. The number of para-hydroxylation sites is 1. The van der Waals surface area contributed by atoms with Gasteiger partial charge in [-0.1, -0.05) is 72.8 Å². The van der Waals surface area contributed by atoms with Gasteiger partial charge in [0.05, 0.1) is 16.4 Å². The Hall–Kier alpha value is -4.69. The summed E-state index contributed by atoms with van der Waals surface area (Å²) in [6.07, 6.45) is 3.80. The first-order chi connectivity index (χ1) is 18.5. The van der Waals surface area contributed by atoms with Crippen LogP contribution in [0.4, 0.5) is 10.5 Å². The Labute approximate surface area is 222 Å². The predicted molar refractivity (Wildman–Crippen MR) is 150 cm³/mol. The van der Waals surface area contributed by atoms with Gasteiger partial charge in [-0.2, -0.15) is 0 Å². The van der Waals surface area contributed by atoms with E-state index in [2.05, 4.69) is 41.0 Å². The van der Waals surface area contributed by atoms with Crippen LogP contribution in [0.2, 0.25) is 0 Å². The van der Waals surface area contributed by atoms with Gasteiger partial charge in [0, 0.05) is 41.3 Å². The number of nitro benzene ring substituents is 1. The minimum Gasteiger partial charge on any atom is -0.342 e. The third-order valence-corrected chi connectivity index (χ3v) is 7.60. The van der Waals surface area contributed by atoms with E-state index >= 15 is 0 Å². The third kappa shape index (κ3) is 4.35. The van der Waals surface area contributed by atoms with Crippen LogP contribution < -0.4 is 0 Å². The fourth-order valence-electron chi connectivity index (χ4n) is 4.82. The van der Waals surface area contributed by atoms with Crippen LogP contribution in [-0.2, 0) is 17.9 Å². The monoisotopic (exact) mass is 519 g/mol. The van der Waals surface area contributed by atoms with Gasteiger partial charge in [-0.3, -0.25) is 24.6 Å². The van der Waals surface area contributed by atoms with Crippen LogP contribution >= 0.6 is 11.8 Å². The number of amides is 2. The molecule has 4 aromatic carbocycles. The van der Waals surface area contributed by atoms with Crippen molar-refractivity contribution in [1.29, 1.82) is 0 Å². The molecule has 6 rings (SSSR count). The molecule has 0 aliphatic carbocycles. The maximum absolute atomic E-state index is 13.2. The molecule has 2 amide bonds. The average molecular weight is 520 g/mol. The highest BCUT2D eigenvalue weighted by atomic mass is 32.2. The van der Waals surface area contributed by atoms with Crippen LogP contribution in [0.3, 0.4) is 0 Å². The number of carbonyl (C=O) groups excluding carboxylic acids is 2. The molecule has 0 bridgehead atoms. The van der Waals surface area contributed by atoms with Crippen LogP contribution in [0.1, 0.15) is 16.7 Å². The van der Waals surface area contributed by atoms with Crippen LogP contribution in [0, 0.1) is 10.1 Å². The largest absolute Gasteiger partial charge is 0.342 e. The summed E-state index contributed by atoms with van der Waals surface area (Å²) in [6.45, 7) is 0.722. The van der Waals surface area contributed by atoms with Gasteiger partial charge in [-0.25, -0.2) is 0 Å². The second kappa shape index (κ2) is 9.64. The Morgan fingerprint density at radius 3 is 2.32 bits per heavy atom. The molecular formula is C30H21N3O4S. The number of aromatic nitrogens is 1. The van der Waals surface area contributed by atoms with E-state index in [-0.39, 0.29) is 23.4 Å². The minimum atomic E-state index is -0.483. The Morgan fingerprint density at radius 1 is 0.816 bits per heavy atom. The number of nitrogens with zero attached hydrogens (tertiary/aromatic N) is 3. The minimum absolute atomic E-state index is 0.0392. The van der Waals surface area contributed by atoms with Gasteiger partial charge >= 0.3 is 0 Å². The summed E-state index contributed by atoms with van der Waals surface area (Å²) in [4.78, 5) is 37.8. The molecule has 1 fully saturated rings. The molecule has 0 spiro atoms. The molecule has 38 heavy (non-hydrogen) atoms. The summed E-state index contributed by atoms with van der Waals surface area (Å²) < 4.78 is 2.17. The quantitative estimate of drug-likeness (QED) is 0.137. The van der Waals surface area contributed by atoms with E-state index in [1.807, 2.05) is 36.5 Å². The van der Waals surface area contributed by atoms with Crippen molar-refractivity contribution in [2.24, 2.45) is 0 Å². The standard InChI is InChI=1S/C30H21N3O4S/c34-29-28(38-30(35)32(29)17-20-12-14-24(15-13-20)33(36)37)16-23-19-31(27-11-4-3-10-26(23)27)18-22-8-5-7-21-6-1-2-9-25(21)22/h1-16,19H,17-18H2/b28-16-. The SMILES string of the molecule is O=C1S/C(=C\c2cn(Cc3cccc4ccccc34)c3ccccc23)C(=O)N1Cc1ccc([N+](=O)[O-])cc1. The number of thioether (sulfide) groups is 1. The molecule has 0 radical (unpaired) electrons. The zero-order chi connectivity index (χ0) is 26.2. The number of non-ortho nitro benzene ring substituents is 1. The zero-order valence-corrected chi connectivity index (χ0v) is 20.9. The van der Waals surface area contributed by atoms with Crippen molar-refractivity contribution in [2.45, 2.75) is 13.1 Å². The predicted octanol–water partition coefficient (Wildman–Crippen LogP) is 6.99. The lowest BCUT2D eigenvalue weighted by Gasteiger charge is -2.12. The summed E-state index contributed by atoms with van der Waals surface area (Å²) in [5.41, 5.74) is 3.70. The van der Waals surface area contributed by atoms with Crippen molar-refractivity contribution in [2.75, 3.05) is 0 Å². The molecule has 8 heteroatoms.